The molecule has 0 atom stereocenters. The number of rotatable bonds is 7. The predicted molar refractivity (Wildman–Crippen MR) is 107 cm³/mol. The van der Waals surface area contributed by atoms with E-state index in [1.54, 1.807) is 18.3 Å². The number of carbonyl (C=O) groups is 1. The largest absolute Gasteiger partial charge is 0.403 e. The van der Waals surface area contributed by atoms with Gasteiger partial charge in [-0.2, -0.15) is 0 Å². The van der Waals surface area contributed by atoms with Crippen LogP contribution in [0.5, 0.6) is 0 Å². The summed E-state index contributed by atoms with van der Waals surface area (Å²) >= 11 is 5.69. The maximum absolute atomic E-state index is 12.1. The molecule has 134 valence electrons. The third-order valence-corrected chi connectivity index (χ3v) is 3.49. The molecule has 26 heavy (non-hydrogen) atoms. The SMILES string of the molecule is C=C(N=C/C(Cl)=C\N)C(=O)Nc1cccc(CNc2cccnc2N)c1. The Hall–Kier alpha value is -3.32. The number of nitrogens with zero attached hydrogens (tertiary/aromatic N) is 2. The highest BCUT2D eigenvalue weighted by Crippen LogP contribution is 2.17. The van der Waals surface area contributed by atoms with Crippen molar-refractivity contribution in [2.24, 2.45) is 10.7 Å². The van der Waals surface area contributed by atoms with Gasteiger partial charge in [0.2, 0.25) is 0 Å². The van der Waals surface area contributed by atoms with Gasteiger partial charge in [0, 0.05) is 30.8 Å². The quantitative estimate of drug-likeness (QED) is 0.441. The van der Waals surface area contributed by atoms with Crippen molar-refractivity contribution in [2.45, 2.75) is 6.54 Å². The molecule has 0 spiro atoms. The lowest BCUT2D eigenvalue weighted by Crippen LogP contribution is -2.13. The molecule has 1 aromatic heterocycles. The Balaban J connectivity index is 1.98. The molecule has 1 heterocycles. The molecule has 6 N–H and O–H groups in total. The fraction of sp³-hybridized carbons (Fsp3) is 0.0556. The molecule has 2 rings (SSSR count). The lowest BCUT2D eigenvalue weighted by atomic mass is 10.2. The molecule has 0 aliphatic rings. The van der Waals surface area contributed by atoms with E-state index in [1.807, 2.05) is 24.3 Å². The lowest BCUT2D eigenvalue weighted by molar-refractivity contribution is -0.112. The van der Waals surface area contributed by atoms with Gasteiger partial charge in [-0.3, -0.25) is 9.79 Å². The van der Waals surface area contributed by atoms with Crippen molar-refractivity contribution in [1.29, 1.82) is 0 Å². The van der Waals surface area contributed by atoms with Gasteiger partial charge in [-0.15, -0.1) is 0 Å². The number of aliphatic imine (C=N–C) groups is 1. The number of carbonyl (C=O) groups excluding carboxylic acids is 1. The summed E-state index contributed by atoms with van der Waals surface area (Å²) in [6, 6.07) is 11.0. The number of pyridine rings is 1. The first-order valence-electron chi connectivity index (χ1n) is 7.64. The number of hydrogen-bond acceptors (Lipinski definition) is 6. The van der Waals surface area contributed by atoms with Crippen molar-refractivity contribution in [3.63, 3.8) is 0 Å². The lowest BCUT2D eigenvalue weighted by Gasteiger charge is -2.10. The topological polar surface area (TPSA) is 118 Å². The number of nitrogens with one attached hydrogen (secondary N) is 2. The third kappa shape index (κ3) is 5.64. The molecule has 0 saturated carbocycles. The van der Waals surface area contributed by atoms with Gasteiger partial charge in [-0.25, -0.2) is 4.98 Å². The van der Waals surface area contributed by atoms with Crippen LogP contribution in [0.25, 0.3) is 0 Å². The molecule has 0 fully saturated rings. The van der Waals surface area contributed by atoms with E-state index in [-0.39, 0.29) is 10.7 Å². The summed E-state index contributed by atoms with van der Waals surface area (Å²) in [6.45, 7) is 4.12. The Kier molecular flexibility index (Phi) is 6.75. The average molecular weight is 371 g/mol. The highest BCUT2D eigenvalue weighted by Gasteiger charge is 2.07. The molecule has 0 aliphatic carbocycles. The number of benzene rings is 1. The number of nitrogens with two attached hydrogens (primary N) is 2. The smallest absolute Gasteiger partial charge is 0.273 e. The Morgan fingerprint density at radius 1 is 1.35 bits per heavy atom. The second-order valence-electron chi connectivity index (χ2n) is 5.20. The van der Waals surface area contributed by atoms with Crippen LogP contribution in [0.1, 0.15) is 5.56 Å². The van der Waals surface area contributed by atoms with Crippen molar-refractivity contribution in [3.05, 3.63) is 71.7 Å². The first kappa shape index (κ1) is 19.0. The molecule has 1 aromatic carbocycles. The van der Waals surface area contributed by atoms with Crippen LogP contribution < -0.4 is 22.1 Å². The molecular formula is C18H19ClN6O. The first-order chi connectivity index (χ1) is 12.5. The molecule has 0 bridgehead atoms. The summed E-state index contributed by atoms with van der Waals surface area (Å²) < 4.78 is 0. The van der Waals surface area contributed by atoms with Gasteiger partial charge in [0.25, 0.3) is 5.91 Å². The van der Waals surface area contributed by atoms with Gasteiger partial charge >= 0.3 is 0 Å². The second-order valence-corrected chi connectivity index (χ2v) is 5.64. The van der Waals surface area contributed by atoms with E-state index in [1.165, 1.54) is 12.4 Å². The first-order valence-corrected chi connectivity index (χ1v) is 8.02. The van der Waals surface area contributed by atoms with Crippen LogP contribution >= 0.6 is 11.6 Å². The Morgan fingerprint density at radius 2 is 2.15 bits per heavy atom. The van der Waals surface area contributed by atoms with Crippen LogP contribution in [0.3, 0.4) is 0 Å². The average Bonchev–Trinajstić information content (AvgIpc) is 2.65. The van der Waals surface area contributed by atoms with Crippen LogP contribution in [0.4, 0.5) is 17.2 Å². The number of allylic oxidation sites excluding steroid dienone is 1. The maximum atomic E-state index is 12.1. The summed E-state index contributed by atoms with van der Waals surface area (Å²) in [5, 5.41) is 6.13. The summed E-state index contributed by atoms with van der Waals surface area (Å²) in [5.41, 5.74) is 13.3. The number of hydrogen-bond donors (Lipinski definition) is 4. The number of amides is 1. The highest BCUT2D eigenvalue weighted by atomic mass is 35.5. The number of nitrogen functional groups attached to an aromatic ring is 1. The third-order valence-electron chi connectivity index (χ3n) is 3.27. The number of aromatic nitrogens is 1. The summed E-state index contributed by atoms with van der Waals surface area (Å²) in [6.07, 6.45) is 4.05. The summed E-state index contributed by atoms with van der Waals surface area (Å²) in [5.74, 6) is -0.0133. The second kappa shape index (κ2) is 9.24. The van der Waals surface area contributed by atoms with Gasteiger partial charge in [-0.1, -0.05) is 30.3 Å². The monoisotopic (exact) mass is 370 g/mol. The molecule has 7 nitrogen and oxygen atoms in total. The van der Waals surface area contributed by atoms with Gasteiger partial charge in [0.1, 0.15) is 11.5 Å². The van der Waals surface area contributed by atoms with Crippen molar-refractivity contribution >= 4 is 40.9 Å². The van der Waals surface area contributed by atoms with Crippen LogP contribution in [0, 0.1) is 0 Å². The van der Waals surface area contributed by atoms with E-state index in [0.717, 1.165) is 11.3 Å². The van der Waals surface area contributed by atoms with Gasteiger partial charge < -0.3 is 22.1 Å². The van der Waals surface area contributed by atoms with E-state index in [2.05, 4.69) is 27.2 Å². The summed E-state index contributed by atoms with van der Waals surface area (Å²) in [7, 11) is 0. The summed E-state index contributed by atoms with van der Waals surface area (Å²) in [4.78, 5) is 20.0. The highest BCUT2D eigenvalue weighted by molar-refractivity contribution is 6.39. The minimum Gasteiger partial charge on any atom is -0.403 e. The van der Waals surface area contributed by atoms with Crippen molar-refractivity contribution < 1.29 is 4.79 Å². The van der Waals surface area contributed by atoms with Crippen molar-refractivity contribution in [1.82, 2.24) is 4.98 Å². The fourth-order valence-electron chi connectivity index (χ4n) is 1.97. The van der Waals surface area contributed by atoms with Crippen LogP contribution in [0.15, 0.2) is 71.1 Å². The van der Waals surface area contributed by atoms with E-state index >= 15 is 0 Å². The zero-order valence-electron chi connectivity index (χ0n) is 13.9. The molecule has 2 aromatic rings. The van der Waals surface area contributed by atoms with Crippen molar-refractivity contribution in [2.75, 3.05) is 16.4 Å². The fourth-order valence-corrected chi connectivity index (χ4v) is 2.02. The minimum atomic E-state index is -0.440. The molecule has 0 unspecified atom stereocenters. The van der Waals surface area contributed by atoms with Gasteiger partial charge in [0.15, 0.2) is 0 Å². The number of anilines is 3. The zero-order chi connectivity index (χ0) is 18.9. The Bertz CT molecular complexity index is 862. The molecule has 1 amide bonds. The predicted octanol–water partition coefficient (Wildman–Crippen LogP) is 2.84. The Morgan fingerprint density at radius 3 is 2.88 bits per heavy atom. The van der Waals surface area contributed by atoms with Crippen LogP contribution in [-0.2, 0) is 11.3 Å². The Labute approximate surface area is 156 Å². The zero-order valence-corrected chi connectivity index (χ0v) is 14.7. The van der Waals surface area contributed by atoms with E-state index in [9.17, 15) is 4.79 Å². The molecule has 0 aliphatic heterocycles. The minimum absolute atomic E-state index is 0.0108. The van der Waals surface area contributed by atoms with Crippen molar-refractivity contribution in [3.8, 4) is 0 Å². The van der Waals surface area contributed by atoms with Gasteiger partial charge in [0.05, 0.1) is 10.7 Å². The molecule has 0 radical (unpaired) electrons. The maximum Gasteiger partial charge on any atom is 0.273 e. The molecule has 8 heteroatoms. The van der Waals surface area contributed by atoms with Crippen LogP contribution in [-0.4, -0.2) is 17.1 Å². The van der Waals surface area contributed by atoms with Crippen LogP contribution in [0.2, 0.25) is 0 Å². The van der Waals surface area contributed by atoms with E-state index in [0.29, 0.717) is 18.1 Å². The molecular weight excluding hydrogens is 352 g/mol. The van der Waals surface area contributed by atoms with E-state index < -0.39 is 5.91 Å². The standard InChI is InChI=1S/C18H19ClN6O/c1-12(23-11-14(19)9-20)18(26)25-15-5-2-4-13(8-15)10-24-16-6-3-7-22-17(16)21/h2-9,11,24H,1,10,20H2,(H2,21,22)(H,25,26)/b14-9+,23-11?. The molecule has 0 saturated heterocycles. The van der Waals surface area contributed by atoms with Gasteiger partial charge in [-0.05, 0) is 29.8 Å². The normalized spacial score (nSPS) is 11.3. The van der Waals surface area contributed by atoms with E-state index in [4.69, 9.17) is 23.1 Å². The number of halogens is 1.